The summed E-state index contributed by atoms with van der Waals surface area (Å²) in [5.41, 5.74) is 0.587. The van der Waals surface area contributed by atoms with Gasteiger partial charge in [0.1, 0.15) is 0 Å². The molecule has 10 atom stereocenters. The molecule has 4 aliphatic rings. The van der Waals surface area contributed by atoms with Crippen molar-refractivity contribution in [3.05, 3.63) is 54.2 Å². The van der Waals surface area contributed by atoms with Gasteiger partial charge in [-0.25, -0.2) is 18.1 Å². The molecule has 4 saturated carbocycles. The van der Waals surface area contributed by atoms with Crippen LogP contribution in [-0.4, -0.2) is 48.3 Å². The molecule has 3 N–H and O–H groups in total. The SMILES string of the molecule is CC[C@H]1[C@@H](O)[C@@H]2[C@H](CC[C@]3(C)[C@@H](CCCOc4ccc(C(=O)NS(=O)(=O)c5ccccc5)cn4)CC[C@@H]23)[C@@]2(C)CC[C@@H](O)C[C@@H]12. The van der Waals surface area contributed by atoms with Crippen molar-refractivity contribution >= 4 is 15.9 Å². The summed E-state index contributed by atoms with van der Waals surface area (Å²) in [5, 5.41) is 22.4. The van der Waals surface area contributed by atoms with E-state index in [0.717, 1.165) is 38.5 Å². The fourth-order valence-electron chi connectivity index (χ4n) is 10.5. The van der Waals surface area contributed by atoms with Gasteiger partial charge in [-0.1, -0.05) is 45.4 Å². The van der Waals surface area contributed by atoms with Gasteiger partial charge < -0.3 is 14.9 Å². The summed E-state index contributed by atoms with van der Waals surface area (Å²) in [5.74, 6) is 2.40. The van der Waals surface area contributed by atoms with Crippen molar-refractivity contribution in [1.82, 2.24) is 9.71 Å². The summed E-state index contributed by atoms with van der Waals surface area (Å²) in [7, 11) is -3.96. The largest absolute Gasteiger partial charge is 0.478 e. The first kappa shape index (κ1) is 32.5. The quantitative estimate of drug-likeness (QED) is 0.288. The Hall–Kier alpha value is -2.49. The van der Waals surface area contributed by atoms with Gasteiger partial charge in [-0.3, -0.25) is 4.79 Å². The first-order valence-electron chi connectivity index (χ1n) is 17.0. The van der Waals surface area contributed by atoms with Crippen molar-refractivity contribution in [1.29, 1.82) is 0 Å². The molecule has 0 radical (unpaired) electrons. The molecule has 4 fully saturated rings. The third kappa shape index (κ3) is 5.93. The number of fused-ring (bicyclic) bond motifs is 5. The fourth-order valence-corrected chi connectivity index (χ4v) is 11.5. The number of carbonyl (C=O) groups excluding carboxylic acids is 1. The fraction of sp³-hybridized carbons (Fsp3) is 0.667. The van der Waals surface area contributed by atoms with Crippen LogP contribution in [0.3, 0.4) is 0 Å². The van der Waals surface area contributed by atoms with E-state index in [2.05, 4.69) is 30.5 Å². The number of hydrogen-bond acceptors (Lipinski definition) is 7. The molecule has 0 spiro atoms. The van der Waals surface area contributed by atoms with Gasteiger partial charge in [-0.15, -0.1) is 0 Å². The molecule has 0 saturated heterocycles. The molecular formula is C36H50N2O6S. The summed E-state index contributed by atoms with van der Waals surface area (Å²) >= 11 is 0. The summed E-state index contributed by atoms with van der Waals surface area (Å²) < 4.78 is 33.0. The van der Waals surface area contributed by atoms with Gasteiger partial charge in [0, 0.05) is 12.3 Å². The number of nitrogens with one attached hydrogen (secondary N) is 1. The Bertz CT molecular complexity index is 1450. The van der Waals surface area contributed by atoms with Crippen LogP contribution in [0.5, 0.6) is 5.88 Å². The highest BCUT2D eigenvalue weighted by molar-refractivity contribution is 7.90. The molecule has 9 heteroatoms. The topological polar surface area (TPSA) is 126 Å². The number of aliphatic hydroxyl groups is 2. The average molecular weight is 639 g/mol. The smallest absolute Gasteiger partial charge is 0.266 e. The van der Waals surface area contributed by atoms with Crippen LogP contribution in [0.15, 0.2) is 53.6 Å². The predicted molar refractivity (Wildman–Crippen MR) is 172 cm³/mol. The number of pyridine rings is 1. The molecule has 45 heavy (non-hydrogen) atoms. The van der Waals surface area contributed by atoms with E-state index >= 15 is 0 Å². The Labute approximate surface area is 268 Å². The minimum absolute atomic E-state index is 0.0229. The monoisotopic (exact) mass is 638 g/mol. The van der Waals surface area contributed by atoms with Crippen LogP contribution >= 0.6 is 0 Å². The van der Waals surface area contributed by atoms with Crippen molar-refractivity contribution < 1.29 is 28.2 Å². The number of amides is 1. The molecule has 6 rings (SSSR count). The number of sulfonamides is 1. The third-order valence-electron chi connectivity index (χ3n) is 12.8. The molecule has 2 aromatic rings. The molecule has 0 aliphatic heterocycles. The number of ether oxygens (including phenoxy) is 1. The maximum Gasteiger partial charge on any atom is 0.266 e. The van der Waals surface area contributed by atoms with Crippen LogP contribution in [0.4, 0.5) is 0 Å². The summed E-state index contributed by atoms with van der Waals surface area (Å²) in [6.07, 6.45) is 11.4. The minimum Gasteiger partial charge on any atom is -0.478 e. The van der Waals surface area contributed by atoms with E-state index in [-0.39, 0.29) is 39.4 Å². The van der Waals surface area contributed by atoms with E-state index in [9.17, 15) is 23.4 Å². The zero-order chi connectivity index (χ0) is 32.0. The molecule has 4 aliphatic carbocycles. The molecule has 1 aromatic carbocycles. The highest BCUT2D eigenvalue weighted by Crippen LogP contribution is 2.69. The van der Waals surface area contributed by atoms with E-state index in [1.54, 1.807) is 24.3 Å². The molecule has 8 nitrogen and oxygen atoms in total. The minimum atomic E-state index is -3.96. The van der Waals surface area contributed by atoms with Gasteiger partial charge >= 0.3 is 0 Å². The van der Waals surface area contributed by atoms with Gasteiger partial charge in [-0.2, -0.15) is 0 Å². The normalized spacial score (nSPS) is 37.6. The van der Waals surface area contributed by atoms with E-state index in [0.29, 0.717) is 42.1 Å². The van der Waals surface area contributed by atoms with Crippen LogP contribution < -0.4 is 9.46 Å². The number of carbonyl (C=O) groups is 1. The molecule has 1 heterocycles. The van der Waals surface area contributed by atoms with Gasteiger partial charge in [0.25, 0.3) is 15.9 Å². The number of aromatic nitrogens is 1. The zero-order valence-corrected chi connectivity index (χ0v) is 27.7. The first-order valence-corrected chi connectivity index (χ1v) is 18.5. The zero-order valence-electron chi connectivity index (χ0n) is 26.9. The number of benzene rings is 1. The lowest BCUT2D eigenvalue weighted by molar-refractivity contribution is -0.202. The lowest BCUT2D eigenvalue weighted by atomic mass is 9.41. The van der Waals surface area contributed by atoms with Gasteiger partial charge in [-0.05, 0) is 122 Å². The van der Waals surface area contributed by atoms with Crippen molar-refractivity contribution in [3.63, 3.8) is 0 Å². The Morgan fingerprint density at radius 2 is 1.71 bits per heavy atom. The molecule has 1 aromatic heterocycles. The highest BCUT2D eigenvalue weighted by atomic mass is 32.2. The maximum absolute atomic E-state index is 12.5. The lowest BCUT2D eigenvalue weighted by Gasteiger charge is -2.64. The number of rotatable bonds is 9. The standard InChI is InChI=1S/C36H50N2O6S/c1-4-27-30-21-25(39)16-18-36(30,3)29-17-19-35(2)24(13-14-28(35)32(29)33(27)40)9-8-20-44-31-15-12-23(22-37-31)34(41)38-45(42,43)26-10-6-5-7-11-26/h5-7,10-12,15,22,24-25,27-30,32-33,39-40H,4,8-9,13-14,16-21H2,1-3H3,(H,38,41)/t24-,25+,27+,28-,29-,30-,32-,33+,35+,36+/m0/s1. The Morgan fingerprint density at radius 3 is 2.42 bits per heavy atom. The number of hydrogen-bond donors (Lipinski definition) is 3. The van der Waals surface area contributed by atoms with Crippen LogP contribution in [0.1, 0.15) is 95.3 Å². The van der Waals surface area contributed by atoms with Gasteiger partial charge in [0.2, 0.25) is 5.88 Å². The van der Waals surface area contributed by atoms with E-state index in [4.69, 9.17) is 4.74 Å². The second-order valence-electron chi connectivity index (χ2n) is 14.8. The molecule has 1 amide bonds. The predicted octanol–water partition coefficient (Wildman–Crippen LogP) is 5.99. The van der Waals surface area contributed by atoms with E-state index in [1.165, 1.54) is 50.1 Å². The number of nitrogens with zero attached hydrogens (tertiary/aromatic N) is 1. The lowest BCUT2D eigenvalue weighted by Crippen LogP contribution is -2.62. The second kappa shape index (κ2) is 12.6. The number of aliphatic hydroxyl groups excluding tert-OH is 2. The van der Waals surface area contributed by atoms with Crippen molar-refractivity contribution in [2.24, 2.45) is 46.3 Å². The Kier molecular flexibility index (Phi) is 9.09. The second-order valence-corrected chi connectivity index (χ2v) is 16.5. The van der Waals surface area contributed by atoms with E-state index in [1.807, 2.05) is 0 Å². The van der Waals surface area contributed by atoms with Crippen LogP contribution in [0.2, 0.25) is 0 Å². The van der Waals surface area contributed by atoms with Crippen LogP contribution in [0, 0.1) is 46.3 Å². The Balaban J connectivity index is 1.03. The van der Waals surface area contributed by atoms with Crippen LogP contribution in [0.25, 0.3) is 0 Å². The van der Waals surface area contributed by atoms with Crippen LogP contribution in [-0.2, 0) is 10.0 Å². The van der Waals surface area contributed by atoms with E-state index < -0.39 is 15.9 Å². The maximum atomic E-state index is 12.5. The Morgan fingerprint density at radius 1 is 0.978 bits per heavy atom. The van der Waals surface area contributed by atoms with Crippen molar-refractivity contribution in [2.45, 2.75) is 102 Å². The molecule has 246 valence electrons. The highest BCUT2D eigenvalue weighted by Gasteiger charge is 2.64. The summed E-state index contributed by atoms with van der Waals surface area (Å²) in [4.78, 5) is 16.8. The molecule has 0 bridgehead atoms. The van der Waals surface area contributed by atoms with Crippen molar-refractivity contribution in [3.8, 4) is 5.88 Å². The van der Waals surface area contributed by atoms with Gasteiger partial charge in [0.15, 0.2) is 0 Å². The average Bonchev–Trinajstić information content (AvgIpc) is 3.37. The summed E-state index contributed by atoms with van der Waals surface area (Å²) in [6.45, 7) is 7.72. The third-order valence-corrected chi connectivity index (χ3v) is 14.2. The summed E-state index contributed by atoms with van der Waals surface area (Å²) in [6, 6.07) is 10.9. The van der Waals surface area contributed by atoms with Crippen molar-refractivity contribution in [2.75, 3.05) is 6.61 Å². The van der Waals surface area contributed by atoms with Gasteiger partial charge in [0.05, 0.1) is 29.3 Å². The molecular weight excluding hydrogens is 588 g/mol. The first-order chi connectivity index (χ1) is 21.5. The molecule has 0 unspecified atom stereocenters.